The molecule has 0 bridgehead atoms. The Labute approximate surface area is 155 Å². The summed E-state index contributed by atoms with van der Waals surface area (Å²) >= 11 is 0. The highest BCUT2D eigenvalue weighted by atomic mass is 16.5. The second kappa shape index (κ2) is 8.90. The number of carbonyl (C=O) groups is 1. The first kappa shape index (κ1) is 18.5. The molecule has 1 amide bonds. The van der Waals surface area contributed by atoms with Crippen molar-refractivity contribution in [1.29, 1.82) is 0 Å². The third kappa shape index (κ3) is 5.36. The van der Waals surface area contributed by atoms with Crippen LogP contribution in [0.25, 0.3) is 0 Å². The Balaban J connectivity index is 1.44. The van der Waals surface area contributed by atoms with Gasteiger partial charge in [0, 0.05) is 19.6 Å². The van der Waals surface area contributed by atoms with Gasteiger partial charge in [0.05, 0.1) is 6.54 Å². The predicted octanol–water partition coefficient (Wildman–Crippen LogP) is 3.61. The monoisotopic (exact) mass is 356 g/mol. The largest absolute Gasteiger partial charge is 0.484 e. The van der Waals surface area contributed by atoms with Crippen molar-refractivity contribution in [2.24, 2.45) is 0 Å². The SMILES string of the molecule is Cc1ccc(CN(C)Cc2ccc(OCC(=O)N3CCCCC3)cc2)o1. The first-order chi connectivity index (χ1) is 12.6. The number of furan rings is 1. The number of hydrogen-bond acceptors (Lipinski definition) is 4. The average Bonchev–Trinajstić information content (AvgIpc) is 3.06. The van der Waals surface area contributed by atoms with Crippen LogP contribution in [0.4, 0.5) is 0 Å². The van der Waals surface area contributed by atoms with Crippen LogP contribution in [0.5, 0.6) is 5.75 Å². The summed E-state index contributed by atoms with van der Waals surface area (Å²) < 4.78 is 11.3. The number of aryl methyl sites for hydroxylation is 1. The van der Waals surface area contributed by atoms with E-state index in [0.717, 1.165) is 56.3 Å². The molecule has 26 heavy (non-hydrogen) atoms. The summed E-state index contributed by atoms with van der Waals surface area (Å²) in [4.78, 5) is 16.3. The van der Waals surface area contributed by atoms with Gasteiger partial charge in [-0.05, 0) is 63.1 Å². The Hall–Kier alpha value is -2.27. The van der Waals surface area contributed by atoms with Crippen molar-refractivity contribution in [3.8, 4) is 5.75 Å². The number of piperidine rings is 1. The molecular weight excluding hydrogens is 328 g/mol. The molecule has 1 fully saturated rings. The summed E-state index contributed by atoms with van der Waals surface area (Å²) in [6.07, 6.45) is 3.43. The van der Waals surface area contributed by atoms with E-state index in [1.165, 1.54) is 12.0 Å². The summed E-state index contributed by atoms with van der Waals surface area (Å²) in [5, 5.41) is 0. The first-order valence-electron chi connectivity index (χ1n) is 9.33. The lowest BCUT2D eigenvalue weighted by atomic mass is 10.1. The highest BCUT2D eigenvalue weighted by molar-refractivity contribution is 5.77. The van der Waals surface area contributed by atoms with Crippen molar-refractivity contribution in [2.75, 3.05) is 26.7 Å². The van der Waals surface area contributed by atoms with Crippen LogP contribution >= 0.6 is 0 Å². The van der Waals surface area contributed by atoms with Gasteiger partial charge in [-0.3, -0.25) is 9.69 Å². The molecule has 0 saturated carbocycles. The Morgan fingerprint density at radius 3 is 2.46 bits per heavy atom. The first-order valence-corrected chi connectivity index (χ1v) is 9.33. The van der Waals surface area contributed by atoms with E-state index in [1.807, 2.05) is 48.2 Å². The standard InChI is InChI=1S/C21H28N2O3/c1-17-6-9-20(26-17)15-22(2)14-18-7-10-19(11-8-18)25-16-21(24)23-12-4-3-5-13-23/h6-11H,3-5,12-16H2,1-2H3. The maximum absolute atomic E-state index is 12.1. The van der Waals surface area contributed by atoms with E-state index in [0.29, 0.717) is 0 Å². The van der Waals surface area contributed by atoms with Crippen LogP contribution in [0, 0.1) is 6.92 Å². The van der Waals surface area contributed by atoms with E-state index in [2.05, 4.69) is 11.9 Å². The number of hydrogen-bond donors (Lipinski definition) is 0. The minimum absolute atomic E-state index is 0.0854. The normalized spacial score (nSPS) is 14.7. The zero-order valence-electron chi connectivity index (χ0n) is 15.7. The van der Waals surface area contributed by atoms with Gasteiger partial charge in [-0.2, -0.15) is 0 Å². The summed E-state index contributed by atoms with van der Waals surface area (Å²) in [5.41, 5.74) is 1.20. The number of likely N-dealkylation sites (tertiary alicyclic amines) is 1. The van der Waals surface area contributed by atoms with E-state index in [9.17, 15) is 4.79 Å². The van der Waals surface area contributed by atoms with Crippen molar-refractivity contribution < 1.29 is 13.9 Å². The molecule has 0 radical (unpaired) electrons. The second-order valence-electron chi connectivity index (χ2n) is 7.06. The lowest BCUT2D eigenvalue weighted by Crippen LogP contribution is -2.38. The van der Waals surface area contributed by atoms with Crippen LogP contribution in [-0.4, -0.2) is 42.5 Å². The van der Waals surface area contributed by atoms with Gasteiger partial charge in [0.25, 0.3) is 5.91 Å². The van der Waals surface area contributed by atoms with Gasteiger partial charge in [0.2, 0.25) is 0 Å². The average molecular weight is 356 g/mol. The van der Waals surface area contributed by atoms with Crippen LogP contribution in [0.1, 0.15) is 36.3 Å². The van der Waals surface area contributed by atoms with Crippen molar-refractivity contribution in [2.45, 2.75) is 39.3 Å². The molecule has 1 aliphatic heterocycles. The highest BCUT2D eigenvalue weighted by Crippen LogP contribution is 2.16. The molecule has 5 nitrogen and oxygen atoms in total. The molecule has 0 atom stereocenters. The molecule has 0 spiro atoms. The highest BCUT2D eigenvalue weighted by Gasteiger charge is 2.16. The zero-order chi connectivity index (χ0) is 18.4. The number of amides is 1. The Morgan fingerprint density at radius 2 is 1.81 bits per heavy atom. The molecule has 0 aliphatic carbocycles. The summed E-state index contributed by atoms with van der Waals surface area (Å²) in [5.74, 6) is 2.74. The number of nitrogens with zero attached hydrogens (tertiary/aromatic N) is 2. The van der Waals surface area contributed by atoms with Gasteiger partial charge in [0.15, 0.2) is 6.61 Å². The Morgan fingerprint density at radius 1 is 1.08 bits per heavy atom. The minimum atomic E-state index is 0.0854. The van der Waals surface area contributed by atoms with Crippen molar-refractivity contribution in [1.82, 2.24) is 9.80 Å². The topological polar surface area (TPSA) is 45.9 Å². The van der Waals surface area contributed by atoms with Gasteiger partial charge in [0.1, 0.15) is 17.3 Å². The van der Waals surface area contributed by atoms with Gasteiger partial charge < -0.3 is 14.1 Å². The quantitative estimate of drug-likeness (QED) is 0.760. The summed E-state index contributed by atoms with van der Waals surface area (Å²) in [7, 11) is 2.07. The zero-order valence-corrected chi connectivity index (χ0v) is 15.7. The molecule has 0 N–H and O–H groups in total. The van der Waals surface area contributed by atoms with Gasteiger partial charge in [-0.25, -0.2) is 0 Å². The lowest BCUT2D eigenvalue weighted by molar-refractivity contribution is -0.134. The molecule has 3 rings (SSSR count). The van der Waals surface area contributed by atoms with Crippen LogP contribution in [0.15, 0.2) is 40.8 Å². The molecule has 1 aliphatic rings. The van der Waals surface area contributed by atoms with Crippen molar-refractivity contribution in [3.63, 3.8) is 0 Å². The predicted molar refractivity (Wildman–Crippen MR) is 101 cm³/mol. The summed E-state index contributed by atoms with van der Waals surface area (Å²) in [6, 6.07) is 12.0. The number of rotatable bonds is 7. The van der Waals surface area contributed by atoms with Gasteiger partial charge in [-0.1, -0.05) is 12.1 Å². The molecule has 1 saturated heterocycles. The minimum Gasteiger partial charge on any atom is -0.484 e. The molecule has 1 aromatic heterocycles. The van der Waals surface area contributed by atoms with Gasteiger partial charge in [-0.15, -0.1) is 0 Å². The third-order valence-electron chi connectivity index (χ3n) is 4.67. The van der Waals surface area contributed by atoms with E-state index in [4.69, 9.17) is 9.15 Å². The fourth-order valence-electron chi connectivity index (χ4n) is 3.27. The molecular formula is C21H28N2O3. The van der Waals surface area contributed by atoms with E-state index >= 15 is 0 Å². The molecule has 2 heterocycles. The number of benzene rings is 1. The van der Waals surface area contributed by atoms with Crippen molar-refractivity contribution >= 4 is 5.91 Å². The van der Waals surface area contributed by atoms with Crippen molar-refractivity contribution in [3.05, 3.63) is 53.5 Å². The number of ether oxygens (including phenoxy) is 1. The maximum Gasteiger partial charge on any atom is 0.260 e. The molecule has 0 unspecified atom stereocenters. The fraction of sp³-hybridized carbons (Fsp3) is 0.476. The van der Waals surface area contributed by atoms with Crippen LogP contribution in [0.3, 0.4) is 0 Å². The Bertz CT molecular complexity index is 702. The lowest BCUT2D eigenvalue weighted by Gasteiger charge is -2.26. The molecule has 5 heteroatoms. The molecule has 2 aromatic rings. The fourth-order valence-corrected chi connectivity index (χ4v) is 3.27. The number of carbonyl (C=O) groups excluding carboxylic acids is 1. The Kier molecular flexibility index (Phi) is 6.34. The van der Waals surface area contributed by atoms with E-state index in [1.54, 1.807) is 0 Å². The molecule has 1 aromatic carbocycles. The van der Waals surface area contributed by atoms with E-state index in [-0.39, 0.29) is 12.5 Å². The third-order valence-corrected chi connectivity index (χ3v) is 4.67. The smallest absolute Gasteiger partial charge is 0.260 e. The second-order valence-corrected chi connectivity index (χ2v) is 7.06. The van der Waals surface area contributed by atoms with Crippen LogP contribution in [0.2, 0.25) is 0 Å². The van der Waals surface area contributed by atoms with Crippen LogP contribution in [-0.2, 0) is 17.9 Å². The van der Waals surface area contributed by atoms with Crippen LogP contribution < -0.4 is 4.74 Å². The van der Waals surface area contributed by atoms with Gasteiger partial charge >= 0.3 is 0 Å². The van der Waals surface area contributed by atoms with E-state index < -0.39 is 0 Å². The molecule has 140 valence electrons. The maximum atomic E-state index is 12.1. The summed E-state index contributed by atoms with van der Waals surface area (Å²) in [6.45, 7) is 5.41.